The van der Waals surface area contributed by atoms with Gasteiger partial charge in [-0.2, -0.15) is 0 Å². The fraction of sp³-hybridized carbons (Fsp3) is 0.556. The number of nitrogens with zero attached hydrogens (tertiary/aromatic N) is 2. The fourth-order valence-corrected chi connectivity index (χ4v) is 3.74. The molecule has 0 N–H and O–H groups in total. The molecule has 0 unspecified atom stereocenters. The molecule has 1 aromatic rings. The summed E-state index contributed by atoms with van der Waals surface area (Å²) >= 11 is 0. The maximum absolute atomic E-state index is 12.5. The molecule has 0 aromatic heterocycles. The van der Waals surface area contributed by atoms with Gasteiger partial charge >= 0.3 is 0 Å². The van der Waals surface area contributed by atoms with E-state index in [1.165, 1.54) is 16.0 Å². The molecule has 22 heavy (non-hydrogen) atoms. The summed E-state index contributed by atoms with van der Waals surface area (Å²) in [5.41, 5.74) is 2.48. The maximum Gasteiger partial charge on any atom is 0.234 e. The largest absolute Gasteiger partial charge is 0.284 e. The minimum absolute atomic E-state index is 0.0475. The van der Waals surface area contributed by atoms with Crippen LogP contribution >= 0.6 is 0 Å². The van der Waals surface area contributed by atoms with E-state index in [1.54, 1.807) is 0 Å². The van der Waals surface area contributed by atoms with Crippen LogP contribution in [-0.2, 0) is 16.1 Å². The number of likely N-dealkylation sites (tertiary alicyclic amines) is 1. The van der Waals surface area contributed by atoms with Crippen molar-refractivity contribution in [2.45, 2.75) is 39.2 Å². The Morgan fingerprint density at radius 3 is 2.27 bits per heavy atom. The van der Waals surface area contributed by atoms with Crippen LogP contribution in [0.5, 0.6) is 0 Å². The molecule has 0 spiro atoms. The maximum atomic E-state index is 12.5. The zero-order chi connectivity index (χ0) is 15.7. The van der Waals surface area contributed by atoms with Crippen molar-refractivity contribution in [2.24, 2.45) is 11.8 Å². The van der Waals surface area contributed by atoms with Gasteiger partial charge in [-0.15, -0.1) is 0 Å². The quantitative estimate of drug-likeness (QED) is 0.802. The lowest BCUT2D eigenvalue weighted by Gasteiger charge is -2.24. The molecule has 0 radical (unpaired) electrons. The van der Waals surface area contributed by atoms with E-state index < -0.39 is 0 Å². The van der Waals surface area contributed by atoms with Crippen molar-refractivity contribution in [3.63, 3.8) is 0 Å². The van der Waals surface area contributed by atoms with Crippen LogP contribution in [0.2, 0.25) is 0 Å². The summed E-state index contributed by atoms with van der Waals surface area (Å²) in [6.45, 7) is 3.24. The minimum atomic E-state index is -0.0480. The van der Waals surface area contributed by atoms with Crippen molar-refractivity contribution in [3.05, 3.63) is 35.4 Å². The summed E-state index contributed by atoms with van der Waals surface area (Å²) in [6, 6.07) is 8.23. The van der Waals surface area contributed by atoms with Crippen molar-refractivity contribution in [3.8, 4) is 0 Å². The summed E-state index contributed by atoms with van der Waals surface area (Å²) in [4.78, 5) is 28.5. The number of hydrogen-bond acceptors (Lipinski definition) is 3. The molecular formula is C18H24N2O2. The van der Waals surface area contributed by atoms with Crippen LogP contribution in [0.3, 0.4) is 0 Å². The average molecular weight is 300 g/mol. The second-order valence-corrected chi connectivity index (χ2v) is 6.68. The van der Waals surface area contributed by atoms with E-state index in [0.717, 1.165) is 32.2 Å². The number of carbonyl (C=O) groups excluding carboxylic acids is 2. The van der Waals surface area contributed by atoms with Crippen molar-refractivity contribution in [2.75, 3.05) is 13.7 Å². The standard InChI is InChI=1S/C18H24N2O2/c1-13-7-3-4-8-14(13)11-19(2)12-20-17(21)15-9-5-6-10-16(15)18(20)22/h3-4,7-8,15-16H,5-6,9-12H2,1-2H3/t15-,16+. The Labute approximate surface area is 132 Å². The van der Waals surface area contributed by atoms with Gasteiger partial charge in [0.05, 0.1) is 18.5 Å². The van der Waals surface area contributed by atoms with E-state index in [9.17, 15) is 9.59 Å². The highest BCUT2D eigenvalue weighted by Gasteiger charge is 2.48. The van der Waals surface area contributed by atoms with Crippen LogP contribution in [0.25, 0.3) is 0 Å². The predicted octanol–water partition coefficient (Wildman–Crippen LogP) is 2.56. The highest BCUT2D eigenvalue weighted by atomic mass is 16.2. The van der Waals surface area contributed by atoms with Crippen LogP contribution in [0.1, 0.15) is 36.8 Å². The molecule has 2 aliphatic rings. The number of hydrogen-bond donors (Lipinski definition) is 0. The molecule has 2 amide bonds. The first-order valence-electron chi connectivity index (χ1n) is 8.16. The fourth-order valence-electron chi connectivity index (χ4n) is 3.74. The van der Waals surface area contributed by atoms with Crippen LogP contribution in [0, 0.1) is 18.8 Å². The Bertz CT molecular complexity index is 560. The van der Waals surface area contributed by atoms with Crippen LogP contribution < -0.4 is 0 Å². The molecule has 1 aliphatic carbocycles. The number of fused-ring (bicyclic) bond motifs is 1. The SMILES string of the molecule is Cc1ccccc1CN(C)CN1C(=O)[C@H]2CCCC[C@H]2C1=O. The molecule has 2 fully saturated rings. The Morgan fingerprint density at radius 2 is 1.68 bits per heavy atom. The summed E-state index contributed by atoms with van der Waals surface area (Å²) in [6.07, 6.45) is 3.92. The Morgan fingerprint density at radius 1 is 1.09 bits per heavy atom. The molecule has 1 aliphatic heterocycles. The molecule has 1 saturated heterocycles. The third kappa shape index (κ3) is 2.80. The molecule has 1 saturated carbocycles. The number of amides is 2. The van der Waals surface area contributed by atoms with Crippen molar-refractivity contribution < 1.29 is 9.59 Å². The highest BCUT2D eigenvalue weighted by molar-refractivity contribution is 6.05. The van der Waals surface area contributed by atoms with Gasteiger partial charge in [0.15, 0.2) is 0 Å². The Hall–Kier alpha value is -1.68. The van der Waals surface area contributed by atoms with Crippen LogP contribution in [-0.4, -0.2) is 35.3 Å². The van der Waals surface area contributed by atoms with Crippen LogP contribution in [0.15, 0.2) is 24.3 Å². The highest BCUT2D eigenvalue weighted by Crippen LogP contribution is 2.37. The number of imide groups is 1. The molecule has 4 heteroatoms. The lowest BCUT2D eigenvalue weighted by atomic mass is 9.81. The van der Waals surface area contributed by atoms with Crippen molar-refractivity contribution in [1.29, 1.82) is 0 Å². The van der Waals surface area contributed by atoms with Gasteiger partial charge in [0.2, 0.25) is 11.8 Å². The van der Waals surface area contributed by atoms with E-state index in [2.05, 4.69) is 24.0 Å². The number of benzene rings is 1. The predicted molar refractivity (Wildman–Crippen MR) is 84.8 cm³/mol. The van der Waals surface area contributed by atoms with Gasteiger partial charge < -0.3 is 0 Å². The lowest BCUT2D eigenvalue weighted by molar-refractivity contribution is -0.142. The summed E-state index contributed by atoms with van der Waals surface area (Å²) in [7, 11) is 1.97. The minimum Gasteiger partial charge on any atom is -0.284 e. The number of rotatable bonds is 4. The van der Waals surface area contributed by atoms with Gasteiger partial charge in [-0.25, -0.2) is 0 Å². The summed E-state index contributed by atoms with van der Waals surface area (Å²) in [5.74, 6) is -0.00103. The van der Waals surface area contributed by atoms with Gasteiger partial charge in [0, 0.05) is 6.54 Å². The molecule has 1 aromatic carbocycles. The topological polar surface area (TPSA) is 40.6 Å². The van der Waals surface area contributed by atoms with Gasteiger partial charge in [-0.05, 0) is 37.9 Å². The molecule has 3 rings (SSSR count). The molecular weight excluding hydrogens is 276 g/mol. The van der Waals surface area contributed by atoms with Crippen LogP contribution in [0.4, 0.5) is 0 Å². The second kappa shape index (κ2) is 6.21. The van der Waals surface area contributed by atoms with Crippen molar-refractivity contribution >= 4 is 11.8 Å². The van der Waals surface area contributed by atoms with Gasteiger partial charge in [0.25, 0.3) is 0 Å². The van der Waals surface area contributed by atoms with E-state index in [4.69, 9.17) is 0 Å². The molecule has 118 valence electrons. The van der Waals surface area contributed by atoms with E-state index in [1.807, 2.05) is 19.2 Å². The monoisotopic (exact) mass is 300 g/mol. The average Bonchev–Trinajstić information content (AvgIpc) is 2.75. The molecule has 2 atom stereocenters. The smallest absolute Gasteiger partial charge is 0.234 e. The van der Waals surface area contributed by atoms with Gasteiger partial charge in [-0.1, -0.05) is 37.1 Å². The third-order valence-corrected chi connectivity index (χ3v) is 5.02. The second-order valence-electron chi connectivity index (χ2n) is 6.68. The Balaban J connectivity index is 1.66. The van der Waals surface area contributed by atoms with Gasteiger partial charge in [0.1, 0.15) is 0 Å². The summed E-state index contributed by atoms with van der Waals surface area (Å²) in [5, 5.41) is 0. The first kappa shape index (κ1) is 15.2. The van der Waals surface area contributed by atoms with Crippen molar-refractivity contribution in [1.82, 2.24) is 9.80 Å². The number of carbonyl (C=O) groups is 2. The van der Waals surface area contributed by atoms with E-state index >= 15 is 0 Å². The van der Waals surface area contributed by atoms with E-state index in [0.29, 0.717) is 6.67 Å². The lowest BCUT2D eigenvalue weighted by Crippen LogP contribution is -2.40. The molecule has 1 heterocycles. The Kier molecular flexibility index (Phi) is 4.30. The first-order valence-corrected chi connectivity index (χ1v) is 8.16. The summed E-state index contributed by atoms with van der Waals surface area (Å²) < 4.78 is 0. The molecule has 0 bridgehead atoms. The van der Waals surface area contributed by atoms with E-state index in [-0.39, 0.29) is 23.7 Å². The van der Waals surface area contributed by atoms with Gasteiger partial charge in [-0.3, -0.25) is 19.4 Å². The first-order chi connectivity index (χ1) is 10.6. The normalized spacial score (nSPS) is 25.0. The third-order valence-electron chi connectivity index (χ3n) is 5.02. The number of aryl methyl sites for hydroxylation is 1. The zero-order valence-electron chi connectivity index (χ0n) is 13.4. The zero-order valence-corrected chi connectivity index (χ0v) is 13.4. The molecule has 4 nitrogen and oxygen atoms in total.